The number of carbonyl (C=O) groups is 1. The van der Waals surface area contributed by atoms with Gasteiger partial charge in [0.05, 0.1) is 6.54 Å². The van der Waals surface area contributed by atoms with Crippen molar-refractivity contribution in [2.45, 2.75) is 51.2 Å². The van der Waals surface area contributed by atoms with Crippen LogP contribution in [0.5, 0.6) is 0 Å². The molecule has 1 saturated carbocycles. The number of hydrogen-bond donors (Lipinski definition) is 0. The van der Waals surface area contributed by atoms with Gasteiger partial charge in [-0.05, 0) is 32.2 Å². The standard InChI is InChI=1S/C14H21N3OS/c1-11(18)17(12-4-5-12)9-13-3-2-7-16(13)10-14-15-6-8-19-14/h6,8,12-13H,2-5,7,9-10H2,1H3/t13-/m1/s1. The highest BCUT2D eigenvalue weighted by Crippen LogP contribution is 2.29. The normalized spacial score (nSPS) is 23.7. The smallest absolute Gasteiger partial charge is 0.219 e. The topological polar surface area (TPSA) is 36.4 Å². The van der Waals surface area contributed by atoms with Gasteiger partial charge in [-0.1, -0.05) is 0 Å². The van der Waals surface area contributed by atoms with E-state index in [9.17, 15) is 4.79 Å². The van der Waals surface area contributed by atoms with Crippen molar-refractivity contribution in [1.82, 2.24) is 14.8 Å². The summed E-state index contributed by atoms with van der Waals surface area (Å²) in [5.74, 6) is 0.239. The van der Waals surface area contributed by atoms with Crippen molar-refractivity contribution in [2.24, 2.45) is 0 Å². The van der Waals surface area contributed by atoms with Crippen LogP contribution in [-0.2, 0) is 11.3 Å². The quantitative estimate of drug-likeness (QED) is 0.828. The molecule has 1 aromatic rings. The molecule has 1 amide bonds. The highest BCUT2D eigenvalue weighted by molar-refractivity contribution is 7.09. The zero-order valence-corrected chi connectivity index (χ0v) is 12.2. The number of hydrogen-bond acceptors (Lipinski definition) is 4. The number of aromatic nitrogens is 1. The molecule has 1 saturated heterocycles. The van der Waals surface area contributed by atoms with E-state index in [1.165, 1.54) is 30.7 Å². The van der Waals surface area contributed by atoms with Gasteiger partial charge in [0.25, 0.3) is 0 Å². The van der Waals surface area contributed by atoms with Crippen molar-refractivity contribution in [1.29, 1.82) is 0 Å². The summed E-state index contributed by atoms with van der Waals surface area (Å²) < 4.78 is 0. The number of rotatable bonds is 5. The first kappa shape index (κ1) is 13.1. The van der Waals surface area contributed by atoms with E-state index < -0.39 is 0 Å². The van der Waals surface area contributed by atoms with Crippen LogP contribution in [0.25, 0.3) is 0 Å². The summed E-state index contributed by atoms with van der Waals surface area (Å²) in [6.45, 7) is 4.70. The first-order chi connectivity index (χ1) is 9.24. The predicted octanol–water partition coefficient (Wildman–Crippen LogP) is 2.12. The van der Waals surface area contributed by atoms with Crippen LogP contribution in [0.1, 0.15) is 37.6 Å². The van der Waals surface area contributed by atoms with Gasteiger partial charge in [0, 0.05) is 37.1 Å². The molecule has 1 aliphatic heterocycles. The lowest BCUT2D eigenvalue weighted by Gasteiger charge is -2.30. The fourth-order valence-electron chi connectivity index (χ4n) is 2.96. The Balaban J connectivity index is 1.60. The molecule has 0 aromatic carbocycles. The largest absolute Gasteiger partial charge is 0.338 e. The van der Waals surface area contributed by atoms with Crippen molar-refractivity contribution < 1.29 is 4.79 Å². The minimum atomic E-state index is 0.239. The Labute approximate surface area is 118 Å². The maximum atomic E-state index is 11.7. The second kappa shape index (κ2) is 5.59. The van der Waals surface area contributed by atoms with Gasteiger partial charge in [-0.15, -0.1) is 11.3 Å². The summed E-state index contributed by atoms with van der Waals surface area (Å²) in [6.07, 6.45) is 6.71. The Morgan fingerprint density at radius 1 is 1.53 bits per heavy atom. The van der Waals surface area contributed by atoms with Crippen LogP contribution in [0, 0.1) is 0 Å². The molecule has 0 bridgehead atoms. The van der Waals surface area contributed by atoms with Gasteiger partial charge in [0.1, 0.15) is 5.01 Å². The van der Waals surface area contributed by atoms with Crippen LogP contribution in [0.3, 0.4) is 0 Å². The van der Waals surface area contributed by atoms with Gasteiger partial charge < -0.3 is 4.90 Å². The molecule has 0 spiro atoms. The van der Waals surface area contributed by atoms with Gasteiger partial charge in [0.2, 0.25) is 5.91 Å². The van der Waals surface area contributed by atoms with Crippen LogP contribution in [0.15, 0.2) is 11.6 Å². The highest BCUT2D eigenvalue weighted by atomic mass is 32.1. The summed E-state index contributed by atoms with van der Waals surface area (Å²) in [7, 11) is 0. The lowest BCUT2D eigenvalue weighted by molar-refractivity contribution is -0.130. The van der Waals surface area contributed by atoms with Crippen LogP contribution < -0.4 is 0 Å². The molecular formula is C14H21N3OS. The Morgan fingerprint density at radius 3 is 3.00 bits per heavy atom. The monoisotopic (exact) mass is 279 g/mol. The molecule has 5 heteroatoms. The molecule has 0 radical (unpaired) electrons. The molecule has 3 rings (SSSR count). The lowest BCUT2D eigenvalue weighted by atomic mass is 10.2. The summed E-state index contributed by atoms with van der Waals surface area (Å²) >= 11 is 1.72. The van der Waals surface area contributed by atoms with Crippen molar-refractivity contribution >= 4 is 17.2 Å². The first-order valence-corrected chi connectivity index (χ1v) is 8.01. The minimum Gasteiger partial charge on any atom is -0.338 e. The minimum absolute atomic E-state index is 0.239. The average molecular weight is 279 g/mol. The van der Waals surface area contributed by atoms with Crippen molar-refractivity contribution in [3.05, 3.63) is 16.6 Å². The number of carbonyl (C=O) groups excluding carboxylic acids is 1. The number of thiazole rings is 1. The Hall–Kier alpha value is -0.940. The van der Waals surface area contributed by atoms with Crippen molar-refractivity contribution in [3.8, 4) is 0 Å². The van der Waals surface area contributed by atoms with Gasteiger partial charge >= 0.3 is 0 Å². The first-order valence-electron chi connectivity index (χ1n) is 7.13. The lowest BCUT2D eigenvalue weighted by Crippen LogP contribution is -2.43. The molecule has 104 valence electrons. The van der Waals surface area contributed by atoms with Crippen LogP contribution in [0.2, 0.25) is 0 Å². The summed E-state index contributed by atoms with van der Waals surface area (Å²) in [4.78, 5) is 20.7. The van der Waals surface area contributed by atoms with Gasteiger partial charge in [-0.3, -0.25) is 9.69 Å². The molecular weight excluding hydrogens is 258 g/mol. The third-order valence-electron chi connectivity index (χ3n) is 4.12. The molecule has 2 heterocycles. The fraction of sp³-hybridized carbons (Fsp3) is 0.714. The summed E-state index contributed by atoms with van der Waals surface area (Å²) in [5.41, 5.74) is 0. The van der Waals surface area contributed by atoms with E-state index in [-0.39, 0.29) is 5.91 Å². The zero-order valence-electron chi connectivity index (χ0n) is 11.4. The van der Waals surface area contributed by atoms with Crippen LogP contribution in [0.4, 0.5) is 0 Å². The van der Waals surface area contributed by atoms with Crippen LogP contribution in [-0.4, -0.2) is 45.9 Å². The second-order valence-electron chi connectivity index (χ2n) is 5.59. The fourth-order valence-corrected chi connectivity index (χ4v) is 3.60. The zero-order chi connectivity index (χ0) is 13.2. The summed E-state index contributed by atoms with van der Waals surface area (Å²) in [6, 6.07) is 1.05. The molecule has 0 unspecified atom stereocenters. The molecule has 2 fully saturated rings. The van der Waals surface area contributed by atoms with E-state index in [0.717, 1.165) is 19.6 Å². The van der Waals surface area contributed by atoms with E-state index in [1.54, 1.807) is 18.3 Å². The molecule has 2 aliphatic rings. The van der Waals surface area contributed by atoms with Gasteiger partial charge in [-0.25, -0.2) is 4.98 Å². The molecule has 1 aromatic heterocycles. The number of nitrogens with zero attached hydrogens (tertiary/aromatic N) is 3. The Morgan fingerprint density at radius 2 is 2.37 bits per heavy atom. The second-order valence-corrected chi connectivity index (χ2v) is 6.57. The molecule has 4 nitrogen and oxygen atoms in total. The Bertz CT molecular complexity index is 430. The van der Waals surface area contributed by atoms with E-state index in [1.807, 2.05) is 11.6 Å². The van der Waals surface area contributed by atoms with E-state index in [4.69, 9.17) is 0 Å². The molecule has 1 atom stereocenters. The third-order valence-corrected chi connectivity index (χ3v) is 4.88. The highest BCUT2D eigenvalue weighted by Gasteiger charge is 2.35. The predicted molar refractivity (Wildman–Crippen MR) is 76.0 cm³/mol. The van der Waals surface area contributed by atoms with E-state index in [0.29, 0.717) is 12.1 Å². The molecule has 19 heavy (non-hydrogen) atoms. The average Bonchev–Trinajstić information content (AvgIpc) is 2.91. The number of likely N-dealkylation sites (tertiary alicyclic amines) is 1. The van der Waals surface area contributed by atoms with Crippen LogP contribution >= 0.6 is 11.3 Å². The molecule has 1 aliphatic carbocycles. The van der Waals surface area contributed by atoms with E-state index >= 15 is 0 Å². The maximum absolute atomic E-state index is 11.7. The van der Waals surface area contributed by atoms with Gasteiger partial charge in [0.15, 0.2) is 0 Å². The third kappa shape index (κ3) is 3.15. The van der Waals surface area contributed by atoms with Crippen molar-refractivity contribution in [3.63, 3.8) is 0 Å². The Kier molecular flexibility index (Phi) is 3.84. The SMILES string of the molecule is CC(=O)N(C[C@H]1CCCN1Cc1nccs1)C1CC1. The van der Waals surface area contributed by atoms with Gasteiger partial charge in [-0.2, -0.15) is 0 Å². The van der Waals surface area contributed by atoms with Crippen molar-refractivity contribution in [2.75, 3.05) is 13.1 Å². The number of amides is 1. The molecule has 0 N–H and O–H groups in total. The summed E-state index contributed by atoms with van der Waals surface area (Å²) in [5, 5.41) is 3.22. The maximum Gasteiger partial charge on any atom is 0.219 e. The van der Waals surface area contributed by atoms with E-state index in [2.05, 4.69) is 14.8 Å².